The highest BCUT2D eigenvalue weighted by Crippen LogP contribution is 2.10. The number of likely N-dealkylation sites (tertiary alicyclic amines) is 1. The van der Waals surface area contributed by atoms with E-state index in [-0.39, 0.29) is 18.9 Å². The molecule has 0 spiro atoms. The van der Waals surface area contributed by atoms with Gasteiger partial charge in [0.15, 0.2) is 0 Å². The standard InChI is InChI=1S/C13H24N4O4/c1-9(17-6-2-3-7-17)8-15-13(21)16-10(12(19)20)4-5-11(14)18/h9-10H,2-8H2,1H3,(H2,14,18)(H,19,20)(H2,15,16,21). The summed E-state index contributed by atoms with van der Waals surface area (Å²) in [6.45, 7) is 4.53. The third-order valence-corrected chi connectivity index (χ3v) is 3.60. The summed E-state index contributed by atoms with van der Waals surface area (Å²) in [6.07, 6.45) is 2.25. The first-order chi connectivity index (χ1) is 9.90. The van der Waals surface area contributed by atoms with Gasteiger partial charge < -0.3 is 21.5 Å². The van der Waals surface area contributed by atoms with Crippen LogP contribution in [0.3, 0.4) is 0 Å². The van der Waals surface area contributed by atoms with Gasteiger partial charge in [0.1, 0.15) is 6.04 Å². The van der Waals surface area contributed by atoms with Crippen molar-refractivity contribution in [1.29, 1.82) is 0 Å². The average Bonchev–Trinajstić information content (AvgIpc) is 2.94. The first kappa shape index (κ1) is 17.2. The molecule has 0 saturated carbocycles. The van der Waals surface area contributed by atoms with Crippen molar-refractivity contribution in [2.75, 3.05) is 19.6 Å². The maximum atomic E-state index is 11.7. The number of hydrogen-bond donors (Lipinski definition) is 4. The van der Waals surface area contributed by atoms with Gasteiger partial charge in [-0.15, -0.1) is 0 Å². The Bertz CT molecular complexity index is 382. The molecule has 1 rings (SSSR count). The number of carbonyl (C=O) groups excluding carboxylic acids is 2. The van der Waals surface area contributed by atoms with E-state index in [2.05, 4.69) is 15.5 Å². The summed E-state index contributed by atoms with van der Waals surface area (Å²) in [5.74, 6) is -1.77. The fraction of sp³-hybridized carbons (Fsp3) is 0.769. The molecule has 0 aromatic rings. The third-order valence-electron chi connectivity index (χ3n) is 3.60. The van der Waals surface area contributed by atoms with E-state index < -0.39 is 23.9 Å². The number of primary amides is 1. The van der Waals surface area contributed by atoms with Gasteiger partial charge in [-0.2, -0.15) is 0 Å². The minimum Gasteiger partial charge on any atom is -0.480 e. The second-order valence-corrected chi connectivity index (χ2v) is 5.34. The van der Waals surface area contributed by atoms with Gasteiger partial charge in [0.2, 0.25) is 5.91 Å². The molecular weight excluding hydrogens is 276 g/mol. The Morgan fingerprint density at radius 2 is 1.90 bits per heavy atom. The molecule has 5 N–H and O–H groups in total. The van der Waals surface area contributed by atoms with Gasteiger partial charge >= 0.3 is 12.0 Å². The van der Waals surface area contributed by atoms with Gasteiger partial charge in [-0.3, -0.25) is 9.69 Å². The molecule has 0 bridgehead atoms. The number of carboxylic acids is 1. The fourth-order valence-electron chi connectivity index (χ4n) is 2.31. The van der Waals surface area contributed by atoms with Crippen LogP contribution in [0.15, 0.2) is 0 Å². The summed E-state index contributed by atoms with van der Waals surface area (Å²) in [5, 5.41) is 14.0. The van der Waals surface area contributed by atoms with Gasteiger partial charge in [0, 0.05) is 19.0 Å². The molecular formula is C13H24N4O4. The molecule has 1 aliphatic heterocycles. The molecule has 1 heterocycles. The van der Waals surface area contributed by atoms with Crippen LogP contribution in [0.1, 0.15) is 32.6 Å². The van der Waals surface area contributed by atoms with Gasteiger partial charge in [-0.25, -0.2) is 9.59 Å². The minimum absolute atomic E-state index is 0.0141. The Hall–Kier alpha value is -1.83. The van der Waals surface area contributed by atoms with E-state index >= 15 is 0 Å². The lowest BCUT2D eigenvalue weighted by molar-refractivity contribution is -0.139. The van der Waals surface area contributed by atoms with Crippen molar-refractivity contribution in [2.45, 2.75) is 44.7 Å². The number of aliphatic carboxylic acids is 1. The second kappa shape index (κ2) is 8.46. The Morgan fingerprint density at radius 1 is 1.29 bits per heavy atom. The molecule has 0 aromatic carbocycles. The average molecular weight is 300 g/mol. The van der Waals surface area contributed by atoms with Crippen LogP contribution in [0.25, 0.3) is 0 Å². The molecule has 120 valence electrons. The summed E-state index contributed by atoms with van der Waals surface area (Å²) in [5.41, 5.74) is 4.97. The normalized spacial score (nSPS) is 18.0. The molecule has 8 nitrogen and oxygen atoms in total. The minimum atomic E-state index is -1.18. The maximum absolute atomic E-state index is 11.7. The molecule has 1 saturated heterocycles. The van der Waals surface area contributed by atoms with Crippen molar-refractivity contribution in [3.05, 3.63) is 0 Å². The smallest absolute Gasteiger partial charge is 0.326 e. The summed E-state index contributed by atoms with van der Waals surface area (Å²) < 4.78 is 0. The second-order valence-electron chi connectivity index (χ2n) is 5.34. The van der Waals surface area contributed by atoms with Crippen LogP contribution in [0.4, 0.5) is 4.79 Å². The summed E-state index contributed by atoms with van der Waals surface area (Å²) >= 11 is 0. The summed E-state index contributed by atoms with van der Waals surface area (Å²) in [4.78, 5) is 35.6. The highest BCUT2D eigenvalue weighted by Gasteiger charge is 2.22. The molecule has 8 heteroatoms. The van der Waals surface area contributed by atoms with Crippen LogP contribution in [0.2, 0.25) is 0 Å². The van der Waals surface area contributed by atoms with Gasteiger partial charge in [-0.1, -0.05) is 0 Å². The van der Waals surface area contributed by atoms with Crippen molar-refractivity contribution in [1.82, 2.24) is 15.5 Å². The lowest BCUT2D eigenvalue weighted by atomic mass is 10.1. The number of amides is 3. The van der Waals surface area contributed by atoms with Crippen molar-refractivity contribution < 1.29 is 19.5 Å². The summed E-state index contributed by atoms with van der Waals surface area (Å²) in [6, 6.07) is -1.44. The van der Waals surface area contributed by atoms with Crippen LogP contribution in [-0.4, -0.2) is 59.6 Å². The molecule has 21 heavy (non-hydrogen) atoms. The molecule has 1 fully saturated rings. The van der Waals surface area contributed by atoms with Crippen LogP contribution >= 0.6 is 0 Å². The lowest BCUT2D eigenvalue weighted by Crippen LogP contribution is -2.49. The Kier molecular flexibility index (Phi) is 6.93. The number of hydrogen-bond acceptors (Lipinski definition) is 4. The zero-order valence-corrected chi connectivity index (χ0v) is 12.3. The van der Waals surface area contributed by atoms with E-state index in [1.54, 1.807) is 0 Å². The van der Waals surface area contributed by atoms with Crippen molar-refractivity contribution in [3.8, 4) is 0 Å². The zero-order chi connectivity index (χ0) is 15.8. The number of carbonyl (C=O) groups is 3. The Morgan fingerprint density at radius 3 is 2.43 bits per heavy atom. The molecule has 3 amide bonds. The molecule has 1 aliphatic rings. The Balaban J connectivity index is 2.32. The number of urea groups is 1. The lowest BCUT2D eigenvalue weighted by Gasteiger charge is -2.24. The topological polar surface area (TPSA) is 125 Å². The van der Waals surface area contributed by atoms with Crippen LogP contribution in [0.5, 0.6) is 0 Å². The van der Waals surface area contributed by atoms with Gasteiger partial charge in [0.25, 0.3) is 0 Å². The fourth-order valence-corrected chi connectivity index (χ4v) is 2.31. The quantitative estimate of drug-likeness (QED) is 0.480. The van der Waals surface area contributed by atoms with Crippen molar-refractivity contribution in [2.24, 2.45) is 5.73 Å². The van der Waals surface area contributed by atoms with E-state index in [1.165, 1.54) is 12.8 Å². The number of carboxylic acid groups (broad SMARTS) is 1. The highest BCUT2D eigenvalue weighted by atomic mass is 16.4. The zero-order valence-electron chi connectivity index (χ0n) is 12.3. The van der Waals surface area contributed by atoms with E-state index in [0.29, 0.717) is 6.54 Å². The van der Waals surface area contributed by atoms with E-state index in [4.69, 9.17) is 10.8 Å². The van der Waals surface area contributed by atoms with Crippen LogP contribution in [-0.2, 0) is 9.59 Å². The number of nitrogens with zero attached hydrogens (tertiary/aromatic N) is 1. The van der Waals surface area contributed by atoms with Crippen LogP contribution < -0.4 is 16.4 Å². The first-order valence-electron chi connectivity index (χ1n) is 7.19. The maximum Gasteiger partial charge on any atom is 0.326 e. The molecule has 0 aliphatic carbocycles. The number of nitrogens with one attached hydrogen (secondary N) is 2. The monoisotopic (exact) mass is 300 g/mol. The molecule has 2 atom stereocenters. The predicted molar refractivity (Wildman–Crippen MR) is 76.7 cm³/mol. The molecule has 2 unspecified atom stereocenters. The SMILES string of the molecule is CC(CNC(=O)NC(CCC(N)=O)C(=O)O)N1CCCC1. The predicted octanol–water partition coefficient (Wildman–Crippen LogP) is -0.511. The molecule has 0 radical (unpaired) electrons. The van der Waals surface area contributed by atoms with Crippen molar-refractivity contribution in [3.63, 3.8) is 0 Å². The van der Waals surface area contributed by atoms with Gasteiger partial charge in [0.05, 0.1) is 0 Å². The van der Waals surface area contributed by atoms with E-state index in [9.17, 15) is 14.4 Å². The number of rotatable bonds is 8. The molecule has 0 aromatic heterocycles. The van der Waals surface area contributed by atoms with E-state index in [0.717, 1.165) is 13.1 Å². The highest BCUT2D eigenvalue weighted by molar-refractivity contribution is 5.83. The Labute approximate surface area is 124 Å². The van der Waals surface area contributed by atoms with Crippen LogP contribution in [0, 0.1) is 0 Å². The third kappa shape index (κ3) is 6.44. The van der Waals surface area contributed by atoms with Gasteiger partial charge in [-0.05, 0) is 39.3 Å². The van der Waals surface area contributed by atoms with Crippen molar-refractivity contribution >= 4 is 17.9 Å². The number of nitrogens with two attached hydrogens (primary N) is 1. The largest absolute Gasteiger partial charge is 0.480 e. The van der Waals surface area contributed by atoms with E-state index in [1.807, 2.05) is 6.92 Å². The summed E-state index contributed by atoms with van der Waals surface area (Å²) in [7, 11) is 0. The first-order valence-corrected chi connectivity index (χ1v) is 7.19.